The maximum Gasteiger partial charge on any atom is 0.389 e. The molecule has 7 nitrogen and oxygen atoms in total. The van der Waals surface area contributed by atoms with Gasteiger partial charge in [0.2, 0.25) is 0 Å². The maximum absolute atomic E-state index is 10.6. The molecule has 0 aliphatic carbocycles. The van der Waals surface area contributed by atoms with Crippen molar-refractivity contribution < 1.29 is 10.0 Å². The Hall–Kier alpha value is -2.41. The van der Waals surface area contributed by atoms with E-state index in [0.717, 1.165) is 5.69 Å². The predicted octanol–water partition coefficient (Wildman–Crippen LogP) is 1.29. The summed E-state index contributed by atoms with van der Waals surface area (Å²) in [5, 5.41) is 23.5. The molecule has 0 amide bonds. The van der Waals surface area contributed by atoms with Gasteiger partial charge in [0.15, 0.2) is 0 Å². The van der Waals surface area contributed by atoms with Gasteiger partial charge in [-0.15, -0.1) is 0 Å². The van der Waals surface area contributed by atoms with Crippen molar-refractivity contribution in [2.24, 2.45) is 0 Å². The molecule has 20 heavy (non-hydrogen) atoms. The van der Waals surface area contributed by atoms with Crippen LogP contribution in [0.1, 0.15) is 0 Å². The van der Waals surface area contributed by atoms with Gasteiger partial charge in [-0.3, -0.25) is 0 Å². The third-order valence-electron chi connectivity index (χ3n) is 2.90. The number of nitrogens with zero attached hydrogens (tertiary/aromatic N) is 4. The molecule has 1 N–H and O–H groups in total. The van der Waals surface area contributed by atoms with E-state index in [-0.39, 0.29) is 12.4 Å². The molecule has 7 heteroatoms. The van der Waals surface area contributed by atoms with Crippen molar-refractivity contribution in [1.82, 2.24) is 9.78 Å². The molecule has 0 aliphatic heterocycles. The lowest BCUT2D eigenvalue weighted by Crippen LogP contribution is -2.30. The Labute approximate surface area is 116 Å². The molecule has 0 spiro atoms. The number of aliphatic hydroxyl groups excluding tert-OH is 1. The lowest BCUT2D eigenvalue weighted by Gasteiger charge is -2.23. The molecule has 1 aromatic carbocycles. The molecule has 0 atom stereocenters. The molecule has 106 valence electrons. The van der Waals surface area contributed by atoms with Crippen LogP contribution in [0.15, 0.2) is 42.6 Å². The molecule has 0 unspecified atom stereocenters. The van der Waals surface area contributed by atoms with Crippen LogP contribution in [0.4, 0.5) is 11.5 Å². The minimum Gasteiger partial charge on any atom is -0.395 e. The Morgan fingerprint density at radius 1 is 1.25 bits per heavy atom. The fourth-order valence-electron chi connectivity index (χ4n) is 1.93. The molecule has 0 aliphatic rings. The van der Waals surface area contributed by atoms with Crippen LogP contribution in [-0.2, 0) is 6.54 Å². The van der Waals surface area contributed by atoms with Crippen LogP contribution >= 0.6 is 0 Å². The van der Waals surface area contributed by atoms with Gasteiger partial charge in [-0.2, -0.15) is 4.68 Å². The molecule has 0 radical (unpaired) electrons. The zero-order valence-electron chi connectivity index (χ0n) is 10.9. The summed E-state index contributed by atoms with van der Waals surface area (Å²) in [4.78, 5) is 12.1. The Balaban J connectivity index is 2.00. The van der Waals surface area contributed by atoms with Crippen LogP contribution < -0.4 is 4.90 Å². The number of aromatic nitrogens is 2. The van der Waals surface area contributed by atoms with Gasteiger partial charge in [-0.25, -0.2) is 0 Å². The lowest BCUT2D eigenvalue weighted by molar-refractivity contribution is -0.389. The van der Waals surface area contributed by atoms with E-state index in [1.165, 1.54) is 10.7 Å². The summed E-state index contributed by atoms with van der Waals surface area (Å²) >= 11 is 0. The maximum atomic E-state index is 10.6. The molecule has 1 aromatic heterocycles. The van der Waals surface area contributed by atoms with Gasteiger partial charge < -0.3 is 20.1 Å². The summed E-state index contributed by atoms with van der Waals surface area (Å²) in [7, 11) is 0. The second-order valence-electron chi connectivity index (χ2n) is 4.24. The van der Waals surface area contributed by atoms with Crippen molar-refractivity contribution in [3.63, 3.8) is 0 Å². The second-order valence-corrected chi connectivity index (χ2v) is 4.24. The number of hydrogen-bond acceptors (Lipinski definition) is 5. The highest BCUT2D eigenvalue weighted by atomic mass is 16.6. The van der Waals surface area contributed by atoms with Crippen LogP contribution in [-0.4, -0.2) is 39.5 Å². The van der Waals surface area contributed by atoms with Gasteiger partial charge >= 0.3 is 5.82 Å². The summed E-state index contributed by atoms with van der Waals surface area (Å²) in [5.74, 6) is -0.154. The summed E-state index contributed by atoms with van der Waals surface area (Å²) in [5.41, 5.74) is 1.00. The first-order valence-electron chi connectivity index (χ1n) is 6.29. The van der Waals surface area contributed by atoms with E-state index in [0.29, 0.717) is 19.6 Å². The van der Waals surface area contributed by atoms with Crippen molar-refractivity contribution in [3.8, 4) is 0 Å². The molecular formula is C13H16N4O3. The van der Waals surface area contributed by atoms with E-state index in [1.54, 1.807) is 6.20 Å². The lowest BCUT2D eigenvalue weighted by atomic mass is 10.3. The van der Waals surface area contributed by atoms with Crippen molar-refractivity contribution in [2.75, 3.05) is 24.6 Å². The Kier molecular flexibility index (Phi) is 4.67. The largest absolute Gasteiger partial charge is 0.395 e. The number of nitro groups is 1. The van der Waals surface area contributed by atoms with E-state index in [1.807, 2.05) is 35.2 Å². The Bertz CT molecular complexity index is 556. The molecule has 2 aromatic rings. The normalized spacial score (nSPS) is 10.4. The quantitative estimate of drug-likeness (QED) is 0.608. The van der Waals surface area contributed by atoms with Crippen LogP contribution in [0.5, 0.6) is 0 Å². The fraction of sp³-hybridized carbons (Fsp3) is 0.308. The molecular weight excluding hydrogens is 260 g/mol. The van der Waals surface area contributed by atoms with Gasteiger partial charge in [-0.1, -0.05) is 18.2 Å². The number of anilines is 1. The standard InChI is InChI=1S/C13H16N4O3/c18-11-10-15(12-4-2-1-3-5-12)8-9-16-7-6-13(14-16)17(19)20/h1-7,18H,8-11H2. The Morgan fingerprint density at radius 3 is 2.60 bits per heavy atom. The highest BCUT2D eigenvalue weighted by Gasteiger charge is 2.12. The van der Waals surface area contributed by atoms with Crippen LogP contribution in [0.3, 0.4) is 0 Å². The first-order valence-corrected chi connectivity index (χ1v) is 6.29. The number of hydrogen-bond donors (Lipinski definition) is 1. The summed E-state index contributed by atoms with van der Waals surface area (Å²) in [6.07, 6.45) is 1.58. The van der Waals surface area contributed by atoms with Crippen LogP contribution in [0, 0.1) is 10.1 Å². The summed E-state index contributed by atoms with van der Waals surface area (Å²) < 4.78 is 1.53. The number of rotatable bonds is 7. The van der Waals surface area contributed by atoms with E-state index < -0.39 is 4.92 Å². The highest BCUT2D eigenvalue weighted by Crippen LogP contribution is 2.13. The second kappa shape index (κ2) is 6.67. The third kappa shape index (κ3) is 3.55. The number of aliphatic hydroxyl groups is 1. The molecule has 2 rings (SSSR count). The van der Waals surface area contributed by atoms with E-state index in [4.69, 9.17) is 5.11 Å². The molecule has 0 fully saturated rings. The van der Waals surface area contributed by atoms with E-state index >= 15 is 0 Å². The van der Waals surface area contributed by atoms with Crippen LogP contribution in [0.25, 0.3) is 0 Å². The van der Waals surface area contributed by atoms with E-state index in [9.17, 15) is 10.1 Å². The topological polar surface area (TPSA) is 84.4 Å². The zero-order valence-corrected chi connectivity index (χ0v) is 10.9. The fourth-order valence-corrected chi connectivity index (χ4v) is 1.93. The first kappa shape index (κ1) is 14.0. The van der Waals surface area contributed by atoms with Crippen molar-refractivity contribution in [1.29, 1.82) is 0 Å². The van der Waals surface area contributed by atoms with Crippen molar-refractivity contribution in [2.45, 2.75) is 6.54 Å². The van der Waals surface area contributed by atoms with Crippen molar-refractivity contribution >= 4 is 11.5 Å². The molecule has 0 saturated heterocycles. The minimum absolute atomic E-state index is 0.0498. The van der Waals surface area contributed by atoms with Gasteiger partial charge in [0.05, 0.1) is 30.5 Å². The highest BCUT2D eigenvalue weighted by molar-refractivity contribution is 5.45. The predicted molar refractivity (Wildman–Crippen MR) is 74.6 cm³/mol. The van der Waals surface area contributed by atoms with Gasteiger partial charge in [0.1, 0.15) is 0 Å². The smallest absolute Gasteiger partial charge is 0.389 e. The average molecular weight is 276 g/mol. The molecule has 0 saturated carbocycles. The van der Waals surface area contributed by atoms with Gasteiger partial charge in [-0.05, 0) is 17.1 Å². The third-order valence-corrected chi connectivity index (χ3v) is 2.90. The molecule has 0 bridgehead atoms. The van der Waals surface area contributed by atoms with Crippen LogP contribution in [0.2, 0.25) is 0 Å². The summed E-state index contributed by atoms with van der Waals surface area (Å²) in [6.45, 7) is 1.69. The van der Waals surface area contributed by atoms with Gasteiger partial charge in [0.25, 0.3) is 0 Å². The number of para-hydroxylation sites is 1. The molecule has 1 heterocycles. The van der Waals surface area contributed by atoms with Gasteiger partial charge in [0, 0.05) is 18.8 Å². The number of benzene rings is 1. The van der Waals surface area contributed by atoms with Crippen molar-refractivity contribution in [3.05, 3.63) is 52.7 Å². The van der Waals surface area contributed by atoms with E-state index in [2.05, 4.69) is 5.10 Å². The first-order chi connectivity index (χ1) is 9.70. The minimum atomic E-state index is -0.515. The Morgan fingerprint density at radius 2 is 2.00 bits per heavy atom. The monoisotopic (exact) mass is 276 g/mol. The SMILES string of the molecule is O=[N+]([O-])c1ccn(CCN(CCO)c2ccccc2)n1. The zero-order chi connectivity index (χ0) is 14.4. The average Bonchev–Trinajstić information content (AvgIpc) is 2.93. The summed E-state index contributed by atoms with van der Waals surface area (Å²) in [6, 6.07) is 11.1.